The molecular weight excluding hydrogens is 336 g/mol. The Balaban J connectivity index is 2.14. The molecular formula is C15H9ClN4O2S. The largest absolute Gasteiger partial charge is 0.308 e. The van der Waals surface area contributed by atoms with Crippen LogP contribution in [0.25, 0.3) is 10.9 Å². The maximum absolute atomic E-state index is 12.5. The van der Waals surface area contributed by atoms with E-state index in [1.165, 1.54) is 6.07 Å². The maximum Gasteiger partial charge on any atom is 0.258 e. The molecule has 1 aromatic carbocycles. The van der Waals surface area contributed by atoms with Crippen LogP contribution in [0.2, 0.25) is 5.02 Å². The van der Waals surface area contributed by atoms with Crippen LogP contribution < -0.4 is 5.56 Å². The van der Waals surface area contributed by atoms with Crippen LogP contribution in [0.4, 0.5) is 0 Å². The van der Waals surface area contributed by atoms with Crippen molar-refractivity contribution in [1.29, 1.82) is 5.26 Å². The van der Waals surface area contributed by atoms with E-state index in [0.29, 0.717) is 27.2 Å². The maximum atomic E-state index is 12.5. The number of fused-ring (bicyclic) bond motifs is 1. The van der Waals surface area contributed by atoms with E-state index < -0.39 is 17.3 Å². The summed E-state index contributed by atoms with van der Waals surface area (Å²) in [6.45, 7) is 1.69. The van der Waals surface area contributed by atoms with Crippen LogP contribution in [0, 0.1) is 18.3 Å². The molecule has 23 heavy (non-hydrogen) atoms. The summed E-state index contributed by atoms with van der Waals surface area (Å²) in [5.41, 5.74) is 0.821. The molecule has 0 fully saturated rings. The number of ketones is 1. The van der Waals surface area contributed by atoms with Gasteiger partial charge in [-0.15, -0.1) is 0 Å². The van der Waals surface area contributed by atoms with Gasteiger partial charge < -0.3 is 4.98 Å². The average Bonchev–Trinajstić information content (AvgIpc) is 2.93. The molecule has 6 nitrogen and oxygen atoms in total. The Kier molecular flexibility index (Phi) is 3.94. The van der Waals surface area contributed by atoms with Gasteiger partial charge in [-0.1, -0.05) is 11.6 Å². The number of carbonyl (C=O) groups is 1. The van der Waals surface area contributed by atoms with Gasteiger partial charge in [0.25, 0.3) is 5.56 Å². The van der Waals surface area contributed by atoms with Crippen molar-refractivity contribution in [2.24, 2.45) is 0 Å². The Labute approximate surface area is 139 Å². The number of halogens is 1. The molecule has 0 saturated carbocycles. The Morgan fingerprint density at radius 2 is 2.26 bits per heavy atom. The molecule has 0 bridgehead atoms. The standard InChI is InChI=1S/C15H9ClN4O2S/c1-7-11(6-23-20-7)13(21)10(5-17)14-18-12-4-8(16)2-3-9(12)15(22)19-14/h2-4,6,10H,1H3,(H,18,19,22)/t10-/m1/s1. The minimum atomic E-state index is -1.21. The highest BCUT2D eigenvalue weighted by Gasteiger charge is 2.27. The molecule has 2 heterocycles. The number of aromatic nitrogens is 3. The first-order chi connectivity index (χ1) is 11.0. The fourth-order valence-corrected chi connectivity index (χ4v) is 3.06. The van der Waals surface area contributed by atoms with Crippen LogP contribution in [0.1, 0.15) is 27.8 Å². The van der Waals surface area contributed by atoms with E-state index in [9.17, 15) is 14.9 Å². The van der Waals surface area contributed by atoms with E-state index in [1.54, 1.807) is 24.4 Å². The predicted octanol–water partition coefficient (Wildman–Crippen LogP) is 2.83. The summed E-state index contributed by atoms with van der Waals surface area (Å²) in [6, 6.07) is 6.54. The molecule has 0 aliphatic heterocycles. The van der Waals surface area contributed by atoms with Crippen LogP contribution in [0.3, 0.4) is 0 Å². The van der Waals surface area contributed by atoms with Crippen molar-refractivity contribution in [2.75, 3.05) is 0 Å². The second kappa shape index (κ2) is 5.91. The van der Waals surface area contributed by atoms with E-state index in [2.05, 4.69) is 14.3 Å². The summed E-state index contributed by atoms with van der Waals surface area (Å²) in [5.74, 6) is -1.65. The molecule has 1 atom stereocenters. The van der Waals surface area contributed by atoms with Gasteiger partial charge in [-0.05, 0) is 36.7 Å². The van der Waals surface area contributed by atoms with Crippen molar-refractivity contribution in [2.45, 2.75) is 12.8 Å². The van der Waals surface area contributed by atoms with E-state index >= 15 is 0 Å². The number of rotatable bonds is 3. The minimum absolute atomic E-state index is 0.00265. The minimum Gasteiger partial charge on any atom is -0.308 e. The lowest BCUT2D eigenvalue weighted by molar-refractivity contribution is 0.0976. The van der Waals surface area contributed by atoms with Gasteiger partial charge in [-0.2, -0.15) is 9.64 Å². The van der Waals surface area contributed by atoms with Crippen LogP contribution in [0.5, 0.6) is 0 Å². The molecule has 0 aliphatic carbocycles. The first kappa shape index (κ1) is 15.3. The summed E-state index contributed by atoms with van der Waals surface area (Å²) in [4.78, 5) is 31.4. The normalized spacial score (nSPS) is 12.0. The number of hydrogen-bond acceptors (Lipinski definition) is 6. The van der Waals surface area contributed by atoms with Crippen LogP contribution in [-0.4, -0.2) is 20.1 Å². The number of nitriles is 1. The fourth-order valence-electron chi connectivity index (χ4n) is 2.20. The Bertz CT molecular complexity index is 1020. The fraction of sp³-hybridized carbons (Fsp3) is 0.133. The van der Waals surface area contributed by atoms with Gasteiger partial charge in [-0.3, -0.25) is 9.59 Å². The third kappa shape index (κ3) is 2.74. The highest BCUT2D eigenvalue weighted by molar-refractivity contribution is 7.04. The number of aromatic amines is 1. The summed E-state index contributed by atoms with van der Waals surface area (Å²) >= 11 is 7.05. The first-order valence-electron chi connectivity index (χ1n) is 6.55. The summed E-state index contributed by atoms with van der Waals surface area (Å²) in [7, 11) is 0. The zero-order valence-electron chi connectivity index (χ0n) is 11.8. The molecule has 0 amide bonds. The number of nitrogens with one attached hydrogen (secondary N) is 1. The number of hydrogen-bond donors (Lipinski definition) is 1. The van der Waals surface area contributed by atoms with E-state index in [1.807, 2.05) is 6.07 Å². The van der Waals surface area contributed by atoms with Crippen molar-refractivity contribution >= 4 is 39.8 Å². The van der Waals surface area contributed by atoms with Crippen molar-refractivity contribution in [3.05, 3.63) is 56.0 Å². The zero-order chi connectivity index (χ0) is 16.6. The molecule has 0 saturated heterocycles. The molecule has 0 aliphatic rings. The van der Waals surface area contributed by atoms with Gasteiger partial charge >= 0.3 is 0 Å². The van der Waals surface area contributed by atoms with Crippen molar-refractivity contribution in [1.82, 2.24) is 14.3 Å². The lowest BCUT2D eigenvalue weighted by Gasteiger charge is -2.08. The first-order valence-corrected chi connectivity index (χ1v) is 7.77. The summed E-state index contributed by atoms with van der Waals surface area (Å²) in [5, 5.41) is 11.7. The number of Topliss-reactive ketones (excluding diaryl/α,β-unsaturated/α-hetero) is 1. The number of aryl methyl sites for hydroxylation is 1. The smallest absolute Gasteiger partial charge is 0.258 e. The topological polar surface area (TPSA) is 99.5 Å². The molecule has 1 N–H and O–H groups in total. The van der Waals surface area contributed by atoms with Gasteiger partial charge in [0.1, 0.15) is 5.82 Å². The lowest BCUT2D eigenvalue weighted by Crippen LogP contribution is -2.20. The quantitative estimate of drug-likeness (QED) is 0.736. The molecule has 3 aromatic rings. The average molecular weight is 345 g/mol. The second-order valence-electron chi connectivity index (χ2n) is 4.85. The number of nitrogens with zero attached hydrogens (tertiary/aromatic N) is 3. The highest BCUT2D eigenvalue weighted by atomic mass is 35.5. The van der Waals surface area contributed by atoms with Gasteiger partial charge in [0.15, 0.2) is 11.7 Å². The molecule has 3 rings (SSSR count). The molecule has 0 radical (unpaired) electrons. The van der Waals surface area contributed by atoms with Gasteiger partial charge in [0.2, 0.25) is 0 Å². The SMILES string of the molecule is Cc1nscc1C(=O)[C@@H](C#N)c1nc2cc(Cl)ccc2c(=O)[nH]1. The van der Waals surface area contributed by atoms with Crippen LogP contribution in [0.15, 0.2) is 28.4 Å². The lowest BCUT2D eigenvalue weighted by atomic mass is 9.99. The molecule has 114 valence electrons. The van der Waals surface area contributed by atoms with Crippen LogP contribution in [-0.2, 0) is 0 Å². The van der Waals surface area contributed by atoms with Crippen molar-refractivity contribution in [3.63, 3.8) is 0 Å². The Hall–Kier alpha value is -2.56. The molecule has 0 unspecified atom stereocenters. The summed E-state index contributed by atoms with van der Waals surface area (Å²) < 4.78 is 4.03. The van der Waals surface area contributed by atoms with Crippen LogP contribution >= 0.6 is 23.1 Å². The molecule has 8 heteroatoms. The zero-order valence-corrected chi connectivity index (χ0v) is 13.4. The van der Waals surface area contributed by atoms with Gasteiger partial charge in [-0.25, -0.2) is 4.98 Å². The second-order valence-corrected chi connectivity index (χ2v) is 5.92. The third-order valence-electron chi connectivity index (χ3n) is 3.37. The monoisotopic (exact) mass is 344 g/mol. The van der Waals surface area contributed by atoms with Gasteiger partial charge in [0, 0.05) is 10.4 Å². The molecule has 2 aromatic heterocycles. The third-order valence-corrected chi connectivity index (χ3v) is 4.32. The number of carbonyl (C=O) groups excluding carboxylic acids is 1. The van der Waals surface area contributed by atoms with E-state index in [0.717, 1.165) is 11.5 Å². The van der Waals surface area contributed by atoms with E-state index in [4.69, 9.17) is 11.6 Å². The van der Waals surface area contributed by atoms with E-state index in [-0.39, 0.29) is 5.82 Å². The number of benzene rings is 1. The Morgan fingerprint density at radius 3 is 2.91 bits per heavy atom. The molecule has 0 spiro atoms. The summed E-state index contributed by atoms with van der Waals surface area (Å²) in [6.07, 6.45) is 0. The highest BCUT2D eigenvalue weighted by Crippen LogP contribution is 2.22. The Morgan fingerprint density at radius 1 is 1.48 bits per heavy atom. The van der Waals surface area contributed by atoms with Crippen molar-refractivity contribution < 1.29 is 4.79 Å². The van der Waals surface area contributed by atoms with Gasteiger partial charge in [0.05, 0.1) is 28.2 Å². The predicted molar refractivity (Wildman–Crippen MR) is 86.9 cm³/mol. The number of H-pyrrole nitrogens is 1. The van der Waals surface area contributed by atoms with Crippen molar-refractivity contribution in [3.8, 4) is 6.07 Å².